The minimum absolute atomic E-state index is 0.108. The minimum Gasteiger partial charge on any atom is -0.493 e. The van der Waals surface area contributed by atoms with E-state index in [2.05, 4.69) is 22.0 Å². The fourth-order valence-corrected chi connectivity index (χ4v) is 4.68. The molecule has 0 bridgehead atoms. The molecule has 3 rings (SSSR count). The van der Waals surface area contributed by atoms with Crippen LogP contribution in [0.25, 0.3) is 0 Å². The molecule has 1 unspecified atom stereocenters. The van der Waals surface area contributed by atoms with E-state index < -0.39 is 5.60 Å². The van der Waals surface area contributed by atoms with Crippen LogP contribution in [0, 0.1) is 0 Å². The summed E-state index contributed by atoms with van der Waals surface area (Å²) >= 11 is 10.4. The van der Waals surface area contributed by atoms with Gasteiger partial charge >= 0.3 is 6.09 Å². The van der Waals surface area contributed by atoms with Crippen molar-refractivity contribution < 1.29 is 19.0 Å². The third kappa shape index (κ3) is 4.70. The van der Waals surface area contributed by atoms with Gasteiger partial charge in [-0.25, -0.2) is 4.79 Å². The van der Waals surface area contributed by atoms with Crippen molar-refractivity contribution in [1.82, 2.24) is 4.90 Å². The third-order valence-corrected chi connectivity index (χ3v) is 6.21. The van der Waals surface area contributed by atoms with Crippen LogP contribution in [0.5, 0.6) is 11.5 Å². The van der Waals surface area contributed by atoms with Crippen molar-refractivity contribution in [2.75, 3.05) is 27.3 Å². The molecule has 2 aromatic rings. The highest BCUT2D eigenvalue weighted by Crippen LogP contribution is 2.45. The lowest BCUT2D eigenvalue weighted by Gasteiger charge is -2.29. The van der Waals surface area contributed by atoms with Gasteiger partial charge in [0.05, 0.1) is 19.2 Å². The number of benzene rings is 2. The molecule has 0 fully saturated rings. The van der Waals surface area contributed by atoms with Gasteiger partial charge in [-0.3, -0.25) is 0 Å². The van der Waals surface area contributed by atoms with Crippen LogP contribution >= 0.6 is 27.5 Å². The molecular formula is C23H27BrClNO4. The van der Waals surface area contributed by atoms with E-state index in [0.717, 1.165) is 21.2 Å². The zero-order valence-corrected chi connectivity index (χ0v) is 20.3. The molecule has 162 valence electrons. The molecule has 0 aliphatic carbocycles. The SMILES string of the molecule is COc1cc2c(c(Cl)c1OC)CCN(C(=O)OC(C)(C)C)CC2c1ccccc1Br. The van der Waals surface area contributed by atoms with Crippen LogP contribution in [0.2, 0.25) is 5.02 Å². The molecule has 0 saturated heterocycles. The summed E-state index contributed by atoms with van der Waals surface area (Å²) in [6, 6.07) is 9.99. The Labute approximate surface area is 191 Å². The fraction of sp³-hybridized carbons (Fsp3) is 0.435. The van der Waals surface area contributed by atoms with Crippen LogP contribution in [0.4, 0.5) is 4.79 Å². The standard InChI is InChI=1S/C23H27BrClNO4/c1-23(2,3)30-22(27)26-11-10-15-16(12-19(28-4)21(29-5)20(15)25)17(13-26)14-8-6-7-9-18(14)24/h6-9,12,17H,10-11,13H2,1-5H3. The first-order chi connectivity index (χ1) is 14.2. The van der Waals surface area contributed by atoms with Crippen molar-refractivity contribution >= 4 is 33.6 Å². The molecule has 1 heterocycles. The Bertz CT molecular complexity index is 942. The molecule has 0 aromatic heterocycles. The van der Waals surface area contributed by atoms with Crippen molar-refractivity contribution in [1.29, 1.82) is 0 Å². The van der Waals surface area contributed by atoms with Gasteiger partial charge in [0.1, 0.15) is 5.60 Å². The van der Waals surface area contributed by atoms with Crippen LogP contribution in [0.15, 0.2) is 34.8 Å². The Balaban J connectivity index is 2.14. The lowest BCUT2D eigenvalue weighted by molar-refractivity contribution is 0.0251. The van der Waals surface area contributed by atoms with Crippen LogP contribution < -0.4 is 9.47 Å². The van der Waals surface area contributed by atoms with E-state index in [1.807, 2.05) is 45.0 Å². The van der Waals surface area contributed by atoms with Gasteiger partial charge in [-0.15, -0.1) is 0 Å². The van der Waals surface area contributed by atoms with Gasteiger partial charge in [-0.1, -0.05) is 45.7 Å². The Morgan fingerprint density at radius 1 is 1.17 bits per heavy atom. The number of fused-ring (bicyclic) bond motifs is 1. The first-order valence-corrected chi connectivity index (χ1v) is 11.0. The van der Waals surface area contributed by atoms with Gasteiger partial charge in [0, 0.05) is 23.5 Å². The molecule has 5 nitrogen and oxygen atoms in total. The predicted octanol–water partition coefficient (Wildman–Crippen LogP) is 6.04. The normalized spacial score (nSPS) is 16.5. The van der Waals surface area contributed by atoms with Gasteiger partial charge in [0.2, 0.25) is 0 Å². The number of rotatable bonds is 3. The van der Waals surface area contributed by atoms with Gasteiger partial charge < -0.3 is 19.1 Å². The molecule has 30 heavy (non-hydrogen) atoms. The molecule has 0 saturated carbocycles. The second kappa shape index (κ2) is 9.06. The number of hydrogen-bond donors (Lipinski definition) is 0. The van der Waals surface area contributed by atoms with Crippen molar-refractivity contribution in [2.24, 2.45) is 0 Å². The molecular weight excluding hydrogens is 470 g/mol. The lowest BCUT2D eigenvalue weighted by atomic mass is 9.87. The Morgan fingerprint density at radius 2 is 1.87 bits per heavy atom. The first kappa shape index (κ1) is 22.8. The zero-order chi connectivity index (χ0) is 22.1. The summed E-state index contributed by atoms with van der Waals surface area (Å²) in [6.45, 7) is 6.58. The highest BCUT2D eigenvalue weighted by Gasteiger charge is 2.33. The molecule has 0 N–H and O–H groups in total. The molecule has 1 amide bonds. The second-order valence-electron chi connectivity index (χ2n) is 8.24. The number of ether oxygens (including phenoxy) is 3. The topological polar surface area (TPSA) is 48.0 Å². The van der Waals surface area contributed by atoms with E-state index in [4.69, 9.17) is 25.8 Å². The molecule has 1 atom stereocenters. The van der Waals surface area contributed by atoms with E-state index in [1.54, 1.807) is 19.1 Å². The summed E-state index contributed by atoms with van der Waals surface area (Å²) in [5.74, 6) is 0.974. The summed E-state index contributed by atoms with van der Waals surface area (Å²) in [6.07, 6.45) is 0.261. The van der Waals surface area contributed by atoms with Crippen LogP contribution in [0.3, 0.4) is 0 Å². The maximum Gasteiger partial charge on any atom is 0.410 e. The predicted molar refractivity (Wildman–Crippen MR) is 122 cm³/mol. The number of methoxy groups -OCH3 is 2. The van der Waals surface area contributed by atoms with Gasteiger partial charge in [-0.05, 0) is 56.0 Å². The third-order valence-electron chi connectivity index (χ3n) is 5.09. The Hall–Kier alpha value is -1.92. The van der Waals surface area contributed by atoms with E-state index >= 15 is 0 Å². The summed E-state index contributed by atoms with van der Waals surface area (Å²) in [7, 11) is 3.17. The molecule has 0 radical (unpaired) electrons. The van der Waals surface area contributed by atoms with Gasteiger partial charge in [-0.2, -0.15) is 0 Å². The summed E-state index contributed by atoms with van der Waals surface area (Å²) in [5, 5.41) is 0.523. The van der Waals surface area contributed by atoms with E-state index in [9.17, 15) is 4.79 Å². The largest absolute Gasteiger partial charge is 0.493 e. The molecule has 0 spiro atoms. The quantitative estimate of drug-likeness (QED) is 0.519. The van der Waals surface area contributed by atoms with Crippen LogP contribution in [-0.4, -0.2) is 43.9 Å². The second-order valence-corrected chi connectivity index (χ2v) is 9.48. The van der Waals surface area contributed by atoms with Gasteiger partial charge in [0.15, 0.2) is 11.5 Å². The van der Waals surface area contributed by atoms with E-state index in [0.29, 0.717) is 36.0 Å². The minimum atomic E-state index is -0.566. The Kier molecular flexibility index (Phi) is 6.88. The zero-order valence-electron chi connectivity index (χ0n) is 17.9. The number of amides is 1. The fourth-order valence-electron chi connectivity index (χ4n) is 3.75. The average molecular weight is 497 g/mol. The highest BCUT2D eigenvalue weighted by atomic mass is 79.9. The maximum absolute atomic E-state index is 12.9. The van der Waals surface area contributed by atoms with E-state index in [1.165, 1.54) is 0 Å². The Morgan fingerprint density at radius 3 is 2.47 bits per heavy atom. The summed E-state index contributed by atoms with van der Waals surface area (Å²) in [5.41, 5.74) is 2.48. The number of hydrogen-bond acceptors (Lipinski definition) is 4. The van der Waals surface area contributed by atoms with Gasteiger partial charge in [0.25, 0.3) is 0 Å². The smallest absolute Gasteiger partial charge is 0.410 e. The molecule has 1 aliphatic rings. The monoisotopic (exact) mass is 495 g/mol. The van der Waals surface area contributed by atoms with Crippen LogP contribution in [-0.2, 0) is 11.2 Å². The summed E-state index contributed by atoms with van der Waals surface area (Å²) in [4.78, 5) is 14.7. The van der Waals surface area contributed by atoms with Crippen molar-refractivity contribution in [3.05, 3.63) is 56.5 Å². The van der Waals surface area contributed by atoms with Crippen LogP contribution in [0.1, 0.15) is 43.4 Å². The molecule has 2 aromatic carbocycles. The average Bonchev–Trinajstić information content (AvgIpc) is 2.87. The first-order valence-electron chi connectivity index (χ1n) is 9.81. The number of carbonyl (C=O) groups excluding carboxylic acids is 1. The number of nitrogens with zero attached hydrogens (tertiary/aromatic N) is 1. The number of carbonyl (C=O) groups is 1. The lowest BCUT2D eigenvalue weighted by Crippen LogP contribution is -2.39. The number of halogens is 2. The molecule has 1 aliphatic heterocycles. The molecule has 7 heteroatoms. The van der Waals surface area contributed by atoms with Crippen molar-refractivity contribution in [3.63, 3.8) is 0 Å². The maximum atomic E-state index is 12.9. The van der Waals surface area contributed by atoms with Crippen molar-refractivity contribution in [2.45, 2.75) is 38.7 Å². The van der Waals surface area contributed by atoms with E-state index in [-0.39, 0.29) is 12.0 Å². The van der Waals surface area contributed by atoms with Crippen molar-refractivity contribution in [3.8, 4) is 11.5 Å². The highest BCUT2D eigenvalue weighted by molar-refractivity contribution is 9.10. The summed E-state index contributed by atoms with van der Waals surface area (Å²) < 4.78 is 17.7.